The van der Waals surface area contributed by atoms with Crippen LogP contribution in [0.15, 0.2) is 53.4 Å². The maximum absolute atomic E-state index is 3.47. The highest BCUT2D eigenvalue weighted by Crippen LogP contribution is 2.39. The van der Waals surface area contributed by atoms with Crippen molar-refractivity contribution in [2.75, 3.05) is 11.6 Å². The minimum Gasteiger partial charge on any atom is -0.381 e. The Hall–Kier alpha value is -1.41. The molecule has 1 saturated carbocycles. The third kappa shape index (κ3) is 3.32. The van der Waals surface area contributed by atoms with Crippen molar-refractivity contribution in [3.8, 4) is 0 Å². The third-order valence-electron chi connectivity index (χ3n) is 3.62. The van der Waals surface area contributed by atoms with E-state index >= 15 is 0 Å². The highest BCUT2D eigenvalue weighted by Gasteiger charge is 2.22. The predicted octanol–water partition coefficient (Wildman–Crippen LogP) is 4.90. The molecule has 0 aliphatic heterocycles. The lowest BCUT2D eigenvalue weighted by Crippen LogP contribution is -1.99. The first kappa shape index (κ1) is 12.6. The van der Waals surface area contributed by atoms with Gasteiger partial charge in [0.2, 0.25) is 0 Å². The average Bonchev–Trinajstić information content (AvgIpc) is 3.31. The minimum absolute atomic E-state index is 0.848. The number of nitrogens with one attached hydrogen (secondary N) is 1. The van der Waals surface area contributed by atoms with Crippen molar-refractivity contribution in [2.45, 2.75) is 30.2 Å². The second kappa shape index (κ2) is 5.70. The normalized spacial score (nSPS) is 14.4. The number of hydrogen-bond acceptors (Lipinski definition) is 2. The summed E-state index contributed by atoms with van der Waals surface area (Å²) < 4.78 is 0. The van der Waals surface area contributed by atoms with Gasteiger partial charge >= 0.3 is 0 Å². The highest BCUT2D eigenvalue weighted by atomic mass is 32.2. The molecule has 1 fully saturated rings. The molecule has 19 heavy (non-hydrogen) atoms. The first-order valence-corrected chi connectivity index (χ1v) is 8.04. The topological polar surface area (TPSA) is 12.0 Å². The molecule has 0 atom stereocenters. The lowest BCUT2D eigenvalue weighted by molar-refractivity contribution is 1.10. The molecule has 0 bridgehead atoms. The Morgan fingerprint density at radius 3 is 2.26 bits per heavy atom. The summed E-state index contributed by atoms with van der Waals surface area (Å²) in [7, 11) is 0. The van der Waals surface area contributed by atoms with Gasteiger partial charge in [0.1, 0.15) is 0 Å². The second-order valence-corrected chi connectivity index (χ2v) is 5.98. The van der Waals surface area contributed by atoms with E-state index in [1.165, 1.54) is 34.6 Å². The van der Waals surface area contributed by atoms with Crippen LogP contribution in [-0.4, -0.2) is 6.26 Å². The standard InChI is InChI=1S/C17H19NS/c1-19-17-10-8-16(9-11-17)18-12-13-2-4-14(5-3-13)15-6-7-15/h2-5,8-11,15,18H,6-7,12H2,1H3. The van der Waals surface area contributed by atoms with Gasteiger partial charge in [0.25, 0.3) is 0 Å². The first-order valence-electron chi connectivity index (χ1n) is 6.82. The molecule has 0 radical (unpaired) electrons. The number of hydrogen-bond donors (Lipinski definition) is 1. The first-order chi connectivity index (χ1) is 9.35. The predicted molar refractivity (Wildman–Crippen MR) is 84.0 cm³/mol. The molecule has 2 aromatic rings. The molecule has 0 spiro atoms. The van der Waals surface area contributed by atoms with Gasteiger partial charge in [0, 0.05) is 17.1 Å². The molecule has 2 aromatic carbocycles. The Morgan fingerprint density at radius 2 is 1.68 bits per heavy atom. The molecule has 0 aromatic heterocycles. The minimum atomic E-state index is 0.848. The largest absolute Gasteiger partial charge is 0.381 e. The van der Waals surface area contributed by atoms with Crippen LogP contribution in [0.2, 0.25) is 0 Å². The lowest BCUT2D eigenvalue weighted by atomic mass is 10.1. The van der Waals surface area contributed by atoms with Gasteiger partial charge in [-0.05, 0) is 60.4 Å². The van der Waals surface area contributed by atoms with E-state index in [9.17, 15) is 0 Å². The van der Waals surface area contributed by atoms with Gasteiger partial charge in [-0.2, -0.15) is 0 Å². The van der Waals surface area contributed by atoms with Crippen LogP contribution in [0.1, 0.15) is 29.9 Å². The molecule has 3 rings (SSSR count). The molecule has 98 valence electrons. The molecule has 1 N–H and O–H groups in total. The zero-order valence-corrected chi connectivity index (χ0v) is 12.0. The Morgan fingerprint density at radius 1 is 1.00 bits per heavy atom. The van der Waals surface area contributed by atoms with Crippen molar-refractivity contribution in [1.29, 1.82) is 0 Å². The van der Waals surface area contributed by atoms with Gasteiger partial charge in [-0.15, -0.1) is 11.8 Å². The quantitative estimate of drug-likeness (QED) is 0.775. The summed E-state index contributed by atoms with van der Waals surface area (Å²) in [5, 5.41) is 3.47. The van der Waals surface area contributed by atoms with Gasteiger partial charge in [0.15, 0.2) is 0 Å². The van der Waals surface area contributed by atoms with Gasteiger partial charge in [-0.1, -0.05) is 24.3 Å². The fraction of sp³-hybridized carbons (Fsp3) is 0.294. The molecule has 0 heterocycles. The summed E-state index contributed by atoms with van der Waals surface area (Å²) in [6, 6.07) is 17.7. The van der Waals surface area contributed by atoms with Crippen LogP contribution in [0.25, 0.3) is 0 Å². The van der Waals surface area contributed by atoms with E-state index in [2.05, 4.69) is 60.1 Å². The van der Waals surface area contributed by atoms with Crippen molar-refractivity contribution < 1.29 is 0 Å². The van der Waals surface area contributed by atoms with E-state index < -0.39 is 0 Å². The van der Waals surface area contributed by atoms with E-state index in [-0.39, 0.29) is 0 Å². The molecule has 1 aliphatic carbocycles. The zero-order valence-electron chi connectivity index (χ0n) is 11.2. The Balaban J connectivity index is 1.58. The van der Waals surface area contributed by atoms with Crippen molar-refractivity contribution in [2.24, 2.45) is 0 Å². The van der Waals surface area contributed by atoms with E-state index in [1.54, 1.807) is 11.8 Å². The van der Waals surface area contributed by atoms with E-state index in [1.807, 2.05) is 0 Å². The third-order valence-corrected chi connectivity index (χ3v) is 4.36. The monoisotopic (exact) mass is 269 g/mol. The van der Waals surface area contributed by atoms with Crippen LogP contribution < -0.4 is 5.32 Å². The van der Waals surface area contributed by atoms with Crippen LogP contribution in [0.5, 0.6) is 0 Å². The summed E-state index contributed by atoms with van der Waals surface area (Å²) in [4.78, 5) is 1.30. The molecule has 0 amide bonds. The number of anilines is 1. The smallest absolute Gasteiger partial charge is 0.0400 e. The summed E-state index contributed by atoms with van der Waals surface area (Å²) in [5.41, 5.74) is 4.04. The van der Waals surface area contributed by atoms with Crippen molar-refractivity contribution in [1.82, 2.24) is 0 Å². The summed E-state index contributed by atoms with van der Waals surface area (Å²) in [6.45, 7) is 0.892. The van der Waals surface area contributed by atoms with Crippen molar-refractivity contribution in [3.05, 3.63) is 59.7 Å². The zero-order chi connectivity index (χ0) is 13.1. The summed E-state index contributed by atoms with van der Waals surface area (Å²) >= 11 is 1.77. The molecule has 1 nitrogen and oxygen atoms in total. The van der Waals surface area contributed by atoms with Gasteiger partial charge in [-0.3, -0.25) is 0 Å². The van der Waals surface area contributed by atoms with Crippen LogP contribution in [0.3, 0.4) is 0 Å². The fourth-order valence-corrected chi connectivity index (χ4v) is 2.65. The lowest BCUT2D eigenvalue weighted by Gasteiger charge is -2.08. The van der Waals surface area contributed by atoms with Gasteiger partial charge in [0.05, 0.1) is 0 Å². The van der Waals surface area contributed by atoms with E-state index in [4.69, 9.17) is 0 Å². The summed E-state index contributed by atoms with van der Waals surface area (Å²) in [6.07, 6.45) is 4.85. The number of rotatable bonds is 5. The van der Waals surface area contributed by atoms with Crippen LogP contribution in [-0.2, 0) is 6.54 Å². The molecule has 0 unspecified atom stereocenters. The number of benzene rings is 2. The van der Waals surface area contributed by atoms with Crippen molar-refractivity contribution in [3.63, 3.8) is 0 Å². The van der Waals surface area contributed by atoms with Gasteiger partial charge in [-0.25, -0.2) is 0 Å². The van der Waals surface area contributed by atoms with Crippen LogP contribution in [0, 0.1) is 0 Å². The second-order valence-electron chi connectivity index (χ2n) is 5.10. The molecule has 0 saturated heterocycles. The van der Waals surface area contributed by atoms with Crippen LogP contribution in [0.4, 0.5) is 5.69 Å². The number of thioether (sulfide) groups is 1. The van der Waals surface area contributed by atoms with E-state index in [0.717, 1.165) is 12.5 Å². The van der Waals surface area contributed by atoms with Crippen molar-refractivity contribution >= 4 is 17.4 Å². The average molecular weight is 269 g/mol. The molecular weight excluding hydrogens is 250 g/mol. The molecule has 1 aliphatic rings. The Kier molecular flexibility index (Phi) is 3.79. The Bertz CT molecular complexity index is 526. The molecular formula is C17H19NS. The SMILES string of the molecule is CSc1ccc(NCc2ccc(C3CC3)cc2)cc1. The Labute approximate surface area is 119 Å². The van der Waals surface area contributed by atoms with Crippen LogP contribution >= 0.6 is 11.8 Å². The highest BCUT2D eigenvalue weighted by molar-refractivity contribution is 7.98. The fourth-order valence-electron chi connectivity index (χ4n) is 2.24. The summed E-state index contributed by atoms with van der Waals surface area (Å²) in [5.74, 6) is 0.848. The van der Waals surface area contributed by atoms with E-state index in [0.29, 0.717) is 0 Å². The maximum atomic E-state index is 3.47. The molecule has 2 heteroatoms. The maximum Gasteiger partial charge on any atom is 0.0400 e. The van der Waals surface area contributed by atoms with Gasteiger partial charge < -0.3 is 5.32 Å².